The van der Waals surface area contributed by atoms with E-state index in [1.807, 2.05) is 48.5 Å². The molecule has 168 valence electrons. The molecule has 0 spiro atoms. The fourth-order valence-electron chi connectivity index (χ4n) is 4.41. The standard InChI is InChI=1S/C25H29N3O4/c1-32-23-8-2-20(3-9-23)18-28-24(30)12-16-27(25(28)31)22-6-4-21(5-7-22)26-14-10-19(11-15-26)13-17-29/h2-9,17,19H,10-16,18H2,1H3. The maximum absolute atomic E-state index is 13.1. The first kappa shape index (κ1) is 21.9. The summed E-state index contributed by atoms with van der Waals surface area (Å²) in [5.74, 6) is 1.07. The van der Waals surface area contributed by atoms with Crippen molar-refractivity contribution in [1.29, 1.82) is 0 Å². The van der Waals surface area contributed by atoms with Gasteiger partial charge in [-0.3, -0.25) is 14.6 Å². The predicted molar refractivity (Wildman–Crippen MR) is 123 cm³/mol. The van der Waals surface area contributed by atoms with Gasteiger partial charge in [0.05, 0.1) is 13.7 Å². The number of benzene rings is 2. The average Bonchev–Trinajstić information content (AvgIpc) is 2.83. The first-order valence-electron chi connectivity index (χ1n) is 11.1. The summed E-state index contributed by atoms with van der Waals surface area (Å²) in [7, 11) is 1.60. The van der Waals surface area contributed by atoms with E-state index in [0.717, 1.165) is 54.9 Å². The molecule has 0 unspecified atom stereocenters. The fraction of sp³-hybridized carbons (Fsp3) is 0.400. The SMILES string of the molecule is COc1ccc(CN2C(=O)CCN(c3ccc(N4CCC(CC=O)CC4)cc3)C2=O)cc1. The lowest BCUT2D eigenvalue weighted by Gasteiger charge is -2.35. The zero-order valence-corrected chi connectivity index (χ0v) is 18.4. The topological polar surface area (TPSA) is 70.2 Å². The molecule has 0 atom stereocenters. The van der Waals surface area contributed by atoms with Crippen LogP contribution in [0.15, 0.2) is 48.5 Å². The van der Waals surface area contributed by atoms with E-state index in [-0.39, 0.29) is 18.5 Å². The van der Waals surface area contributed by atoms with Crippen LogP contribution in [-0.4, -0.2) is 49.9 Å². The quantitative estimate of drug-likeness (QED) is 0.618. The normalized spacial score (nSPS) is 17.6. The van der Waals surface area contributed by atoms with Crippen molar-refractivity contribution in [2.24, 2.45) is 5.92 Å². The van der Waals surface area contributed by atoms with Crippen LogP contribution in [-0.2, 0) is 16.1 Å². The Balaban J connectivity index is 1.42. The molecule has 0 radical (unpaired) electrons. The Morgan fingerprint density at radius 2 is 1.59 bits per heavy atom. The van der Waals surface area contributed by atoms with Gasteiger partial charge in [-0.05, 0) is 60.7 Å². The van der Waals surface area contributed by atoms with E-state index < -0.39 is 0 Å². The zero-order chi connectivity index (χ0) is 22.5. The number of nitrogens with zero attached hydrogens (tertiary/aromatic N) is 3. The number of carbonyl (C=O) groups excluding carboxylic acids is 3. The minimum atomic E-state index is -0.292. The number of carbonyl (C=O) groups is 3. The minimum Gasteiger partial charge on any atom is -0.497 e. The van der Waals surface area contributed by atoms with E-state index in [1.165, 1.54) is 4.90 Å². The molecule has 3 amide bonds. The Hall–Kier alpha value is -3.35. The summed E-state index contributed by atoms with van der Waals surface area (Å²) in [6.45, 7) is 2.49. The average molecular weight is 436 g/mol. The van der Waals surface area contributed by atoms with Crippen molar-refractivity contribution in [1.82, 2.24) is 4.90 Å². The van der Waals surface area contributed by atoms with Crippen molar-refractivity contribution in [3.05, 3.63) is 54.1 Å². The van der Waals surface area contributed by atoms with Gasteiger partial charge in [-0.25, -0.2) is 4.79 Å². The number of anilines is 2. The summed E-state index contributed by atoms with van der Waals surface area (Å²) in [5, 5.41) is 0. The molecule has 32 heavy (non-hydrogen) atoms. The zero-order valence-electron chi connectivity index (χ0n) is 18.4. The van der Waals surface area contributed by atoms with Crippen LogP contribution in [0.25, 0.3) is 0 Å². The second kappa shape index (κ2) is 9.85. The fourth-order valence-corrected chi connectivity index (χ4v) is 4.41. The van der Waals surface area contributed by atoms with Crippen molar-refractivity contribution in [2.75, 3.05) is 36.5 Å². The molecule has 2 aliphatic rings. The van der Waals surface area contributed by atoms with Crippen LogP contribution in [0.4, 0.5) is 16.2 Å². The van der Waals surface area contributed by atoms with Gasteiger partial charge >= 0.3 is 6.03 Å². The molecular weight excluding hydrogens is 406 g/mol. The van der Waals surface area contributed by atoms with Crippen LogP contribution >= 0.6 is 0 Å². The van der Waals surface area contributed by atoms with Gasteiger partial charge in [-0.1, -0.05) is 12.1 Å². The van der Waals surface area contributed by atoms with Gasteiger partial charge < -0.3 is 14.4 Å². The summed E-state index contributed by atoms with van der Waals surface area (Å²) >= 11 is 0. The lowest BCUT2D eigenvalue weighted by Crippen LogP contribution is -2.52. The van der Waals surface area contributed by atoms with Crippen molar-refractivity contribution in [3.63, 3.8) is 0 Å². The molecular formula is C25H29N3O4. The molecule has 2 saturated heterocycles. The maximum Gasteiger partial charge on any atom is 0.331 e. The first-order valence-corrected chi connectivity index (χ1v) is 11.1. The maximum atomic E-state index is 13.1. The van der Waals surface area contributed by atoms with Gasteiger partial charge in [-0.15, -0.1) is 0 Å². The second-order valence-corrected chi connectivity index (χ2v) is 8.36. The second-order valence-electron chi connectivity index (χ2n) is 8.36. The molecule has 2 aliphatic heterocycles. The van der Waals surface area contributed by atoms with Crippen LogP contribution in [0.3, 0.4) is 0 Å². The molecule has 2 fully saturated rings. The molecule has 2 aromatic carbocycles. The first-order chi connectivity index (χ1) is 15.6. The van der Waals surface area contributed by atoms with Gasteiger partial charge in [0.25, 0.3) is 0 Å². The summed E-state index contributed by atoms with van der Waals surface area (Å²) in [6, 6.07) is 15.1. The highest BCUT2D eigenvalue weighted by molar-refractivity contribution is 6.05. The van der Waals surface area contributed by atoms with E-state index in [9.17, 15) is 14.4 Å². The Morgan fingerprint density at radius 1 is 0.938 bits per heavy atom. The molecule has 2 aromatic rings. The van der Waals surface area contributed by atoms with Crippen LogP contribution in [0.1, 0.15) is 31.2 Å². The van der Waals surface area contributed by atoms with Crippen molar-refractivity contribution < 1.29 is 19.1 Å². The number of hydrogen-bond acceptors (Lipinski definition) is 5. The predicted octanol–water partition coefficient (Wildman–Crippen LogP) is 3.86. The van der Waals surface area contributed by atoms with E-state index in [1.54, 1.807) is 12.0 Å². The van der Waals surface area contributed by atoms with Crippen LogP contribution in [0.5, 0.6) is 5.75 Å². The highest BCUT2D eigenvalue weighted by Crippen LogP contribution is 2.28. The lowest BCUT2D eigenvalue weighted by molar-refractivity contribution is -0.129. The summed E-state index contributed by atoms with van der Waals surface area (Å²) in [5.41, 5.74) is 2.79. The number of rotatable bonds is 7. The Labute approximate surface area is 188 Å². The van der Waals surface area contributed by atoms with Gasteiger partial charge in [0.1, 0.15) is 12.0 Å². The van der Waals surface area contributed by atoms with E-state index in [4.69, 9.17) is 4.74 Å². The Bertz CT molecular complexity index is 950. The Kier molecular flexibility index (Phi) is 6.73. The highest BCUT2D eigenvalue weighted by atomic mass is 16.5. The minimum absolute atomic E-state index is 0.156. The van der Waals surface area contributed by atoms with Gasteiger partial charge in [0.2, 0.25) is 5.91 Å². The number of aldehydes is 1. The van der Waals surface area contributed by atoms with Gasteiger partial charge in [0, 0.05) is 43.9 Å². The molecule has 7 nitrogen and oxygen atoms in total. The molecule has 4 rings (SSSR count). The molecule has 0 saturated carbocycles. The lowest BCUT2D eigenvalue weighted by atomic mass is 9.94. The smallest absolute Gasteiger partial charge is 0.331 e. The van der Waals surface area contributed by atoms with Gasteiger partial charge in [0.15, 0.2) is 0 Å². The number of amides is 3. The van der Waals surface area contributed by atoms with E-state index in [2.05, 4.69) is 4.90 Å². The van der Waals surface area contributed by atoms with Gasteiger partial charge in [-0.2, -0.15) is 0 Å². The Morgan fingerprint density at radius 3 is 2.22 bits per heavy atom. The summed E-state index contributed by atoms with van der Waals surface area (Å²) < 4.78 is 5.17. The third-order valence-electron chi connectivity index (χ3n) is 6.38. The van der Waals surface area contributed by atoms with Crippen LogP contribution < -0.4 is 14.5 Å². The number of methoxy groups -OCH3 is 1. The van der Waals surface area contributed by atoms with Crippen molar-refractivity contribution in [3.8, 4) is 5.75 Å². The molecule has 0 aliphatic carbocycles. The van der Waals surface area contributed by atoms with Crippen LogP contribution in [0, 0.1) is 5.92 Å². The third-order valence-corrected chi connectivity index (χ3v) is 6.38. The third kappa shape index (κ3) is 4.77. The number of ether oxygens (including phenoxy) is 1. The van der Waals surface area contributed by atoms with Crippen LogP contribution in [0.2, 0.25) is 0 Å². The molecule has 0 aromatic heterocycles. The molecule has 0 bridgehead atoms. The van der Waals surface area contributed by atoms with Crippen molar-refractivity contribution in [2.45, 2.75) is 32.2 Å². The van der Waals surface area contributed by atoms with Crippen molar-refractivity contribution >= 4 is 29.6 Å². The molecule has 0 N–H and O–H groups in total. The molecule has 2 heterocycles. The highest BCUT2D eigenvalue weighted by Gasteiger charge is 2.33. The van der Waals surface area contributed by atoms with E-state index >= 15 is 0 Å². The number of hydrogen-bond donors (Lipinski definition) is 0. The summed E-state index contributed by atoms with van der Waals surface area (Å²) in [4.78, 5) is 41.6. The largest absolute Gasteiger partial charge is 0.497 e. The summed E-state index contributed by atoms with van der Waals surface area (Å²) in [6.07, 6.45) is 4.01. The number of imide groups is 1. The van der Waals surface area contributed by atoms with E-state index in [0.29, 0.717) is 25.3 Å². The number of urea groups is 1. The monoisotopic (exact) mass is 435 g/mol. The number of piperidine rings is 1. The molecule has 7 heteroatoms.